The third kappa shape index (κ3) is 10.1. The van der Waals surface area contributed by atoms with E-state index in [1.165, 1.54) is 80.8 Å². The summed E-state index contributed by atoms with van der Waals surface area (Å²) in [6.07, 6.45) is 7.20. The summed E-state index contributed by atoms with van der Waals surface area (Å²) < 4.78 is 16.8. The van der Waals surface area contributed by atoms with Gasteiger partial charge in [-0.05, 0) is 107 Å². The Morgan fingerprint density at radius 3 is 2.01 bits per heavy atom. The van der Waals surface area contributed by atoms with Gasteiger partial charge < -0.3 is 19.3 Å². The van der Waals surface area contributed by atoms with Crippen LogP contribution in [-0.4, -0.2) is 87.9 Å². The number of nitrogens with zero attached hydrogens (tertiary/aromatic N) is 4. The van der Waals surface area contributed by atoms with Crippen molar-refractivity contribution in [1.29, 1.82) is 0 Å². The molecule has 356 valence electrons. The number of methoxy groups -OCH3 is 2. The maximum Gasteiger partial charge on any atom is 0.336 e. The van der Waals surface area contributed by atoms with Gasteiger partial charge in [-0.1, -0.05) is 84.9 Å². The van der Waals surface area contributed by atoms with E-state index >= 15 is 0 Å². The number of amides is 8. The minimum atomic E-state index is -1.11. The number of imide groups is 2. The van der Waals surface area contributed by atoms with Gasteiger partial charge >= 0.3 is 6.03 Å². The number of carbonyl (C=O) groups is 7. The molecule has 19 heteroatoms. The average molecular weight is 989 g/mol. The lowest BCUT2D eigenvalue weighted by atomic mass is 10.0. The molecule has 0 unspecified atom stereocenters. The molecule has 3 aliphatic rings. The molecule has 0 radical (unpaired) electrons. The van der Waals surface area contributed by atoms with Crippen LogP contribution in [0.15, 0.2) is 144 Å². The first-order valence-electron chi connectivity index (χ1n) is 21.4. The average Bonchev–Trinajstić information content (AvgIpc) is 3.36. The van der Waals surface area contributed by atoms with Gasteiger partial charge in [0.05, 0.1) is 26.5 Å². The van der Waals surface area contributed by atoms with Crippen LogP contribution in [0.1, 0.15) is 27.8 Å². The van der Waals surface area contributed by atoms with Crippen LogP contribution in [0.4, 0.5) is 16.2 Å². The number of aromatic hydroxyl groups is 1. The van der Waals surface area contributed by atoms with Gasteiger partial charge in [0.25, 0.3) is 35.4 Å². The van der Waals surface area contributed by atoms with E-state index in [9.17, 15) is 38.7 Å². The fraction of sp³-hybridized carbons (Fsp3) is 0.0962. The lowest BCUT2D eigenvalue weighted by molar-refractivity contribution is -0.133. The van der Waals surface area contributed by atoms with Crippen LogP contribution in [0.2, 0.25) is 0 Å². The first-order valence-corrected chi connectivity index (χ1v) is 22.2. The highest BCUT2D eigenvalue weighted by Gasteiger charge is 2.42. The summed E-state index contributed by atoms with van der Waals surface area (Å²) in [7, 11) is 4.26. The number of hydrogen-bond acceptors (Lipinski definition) is 13. The fourth-order valence-electron chi connectivity index (χ4n) is 7.58. The van der Waals surface area contributed by atoms with Crippen molar-refractivity contribution in [2.45, 2.75) is 13.2 Å². The molecular weight excluding hydrogens is 949 g/mol. The Hall–Kier alpha value is -9.07. The summed E-state index contributed by atoms with van der Waals surface area (Å²) in [6, 6.07) is 30.1. The Kier molecular flexibility index (Phi) is 14.1. The Morgan fingerprint density at radius 2 is 1.31 bits per heavy atom. The van der Waals surface area contributed by atoms with Crippen LogP contribution in [0, 0.1) is 0 Å². The SMILES string of the molecule is COc1ccc(/C=C2\C(=O)NC(=S)N(c3ccc(COc4cccc(CN5C(=O)/C(=C\c6ccc(O)c(OC)c6)C(=O)N(C)C5=S)c4N4C(=O)NC(=O)/C(=C\C=C\c5ccccc5)C4=O)cc3)C2=O)cc1. The standard InChI is InChI=1S/C52H40N6O11S2/c1-55-46(62)39(26-33-19-24-40(59)42(27-33)68-3)47(63)56(52(55)71)28-34-12-8-14-41(43(34)58-48(64)37(44(60)53-50(58)66)13-7-11-30-9-5-4-6-10-30)69-29-32-15-20-35(21-16-32)57-49(65)38(45(61)54-51(57)70)25-31-17-22-36(67-2)23-18-31/h4-27,59H,28-29H2,1-3H3,(H,53,60,66)(H,54,61,70)/b11-7+,37-13+,38-25+,39-26-. The van der Waals surface area contributed by atoms with E-state index in [1.54, 1.807) is 60.7 Å². The summed E-state index contributed by atoms with van der Waals surface area (Å²) in [5.41, 5.74) is 1.76. The van der Waals surface area contributed by atoms with Crippen LogP contribution in [0.5, 0.6) is 23.0 Å². The van der Waals surface area contributed by atoms with Gasteiger partial charge in [-0.2, -0.15) is 0 Å². The second-order valence-corrected chi connectivity index (χ2v) is 16.5. The number of barbiturate groups is 1. The van der Waals surface area contributed by atoms with E-state index in [1.807, 2.05) is 30.3 Å². The molecule has 0 aliphatic carbocycles. The monoisotopic (exact) mass is 988 g/mol. The molecule has 3 fully saturated rings. The lowest BCUT2D eigenvalue weighted by Gasteiger charge is -2.36. The Labute approximate surface area is 416 Å². The van der Waals surface area contributed by atoms with Gasteiger partial charge in [0.15, 0.2) is 21.7 Å². The maximum absolute atomic E-state index is 14.4. The first kappa shape index (κ1) is 48.4. The molecule has 0 atom stereocenters. The van der Waals surface area contributed by atoms with Crippen molar-refractivity contribution in [2.24, 2.45) is 0 Å². The molecule has 8 amide bonds. The van der Waals surface area contributed by atoms with Gasteiger partial charge in [-0.25, -0.2) is 9.69 Å². The number of benzene rings is 5. The van der Waals surface area contributed by atoms with Crippen molar-refractivity contribution in [2.75, 3.05) is 31.1 Å². The summed E-state index contributed by atoms with van der Waals surface area (Å²) in [4.78, 5) is 100. The molecule has 3 heterocycles. The van der Waals surface area contributed by atoms with Gasteiger partial charge in [-0.3, -0.25) is 54.1 Å². The largest absolute Gasteiger partial charge is 0.504 e. The number of nitrogens with one attached hydrogen (secondary N) is 2. The zero-order valence-corrected chi connectivity index (χ0v) is 39.5. The number of phenolic OH excluding ortho intramolecular Hbond substituents is 1. The maximum atomic E-state index is 14.4. The zero-order chi connectivity index (χ0) is 50.5. The Balaban J connectivity index is 1.12. The van der Waals surface area contributed by atoms with Crippen molar-refractivity contribution in [3.63, 3.8) is 0 Å². The number of carbonyl (C=O) groups excluding carboxylic acids is 7. The van der Waals surface area contributed by atoms with Crippen molar-refractivity contribution < 1.29 is 52.9 Å². The van der Waals surface area contributed by atoms with Gasteiger partial charge in [0.1, 0.15) is 40.5 Å². The van der Waals surface area contributed by atoms with E-state index in [2.05, 4.69) is 10.6 Å². The van der Waals surface area contributed by atoms with Crippen LogP contribution >= 0.6 is 24.4 Å². The number of para-hydroxylation sites is 1. The summed E-state index contributed by atoms with van der Waals surface area (Å²) >= 11 is 11.0. The lowest BCUT2D eigenvalue weighted by Crippen LogP contribution is -2.56. The molecule has 0 bridgehead atoms. The first-order chi connectivity index (χ1) is 34.2. The molecule has 3 saturated heterocycles. The third-order valence-electron chi connectivity index (χ3n) is 11.2. The van der Waals surface area contributed by atoms with Crippen LogP contribution in [0.25, 0.3) is 18.2 Å². The molecule has 3 N–H and O–H groups in total. The predicted octanol–water partition coefficient (Wildman–Crippen LogP) is 6.21. The van der Waals surface area contributed by atoms with E-state index < -0.39 is 48.0 Å². The fourth-order valence-corrected chi connectivity index (χ4v) is 8.09. The molecule has 5 aromatic rings. The topological polar surface area (TPSA) is 204 Å². The molecular formula is C52H40N6O11S2. The van der Waals surface area contributed by atoms with Crippen molar-refractivity contribution in [3.8, 4) is 23.0 Å². The highest BCUT2D eigenvalue weighted by atomic mass is 32.1. The highest BCUT2D eigenvalue weighted by molar-refractivity contribution is 7.80. The van der Waals surface area contributed by atoms with Gasteiger partial charge in [0.2, 0.25) is 0 Å². The quantitative estimate of drug-likeness (QED) is 0.0683. The molecule has 3 aliphatic heterocycles. The van der Waals surface area contributed by atoms with E-state index in [4.69, 9.17) is 38.6 Å². The molecule has 17 nitrogen and oxygen atoms in total. The zero-order valence-electron chi connectivity index (χ0n) is 37.9. The van der Waals surface area contributed by atoms with E-state index in [0.717, 1.165) is 20.3 Å². The summed E-state index contributed by atoms with van der Waals surface area (Å²) in [5, 5.41) is 14.6. The molecule has 71 heavy (non-hydrogen) atoms. The highest BCUT2D eigenvalue weighted by Crippen LogP contribution is 2.38. The second kappa shape index (κ2) is 20.7. The number of allylic oxidation sites excluding steroid dienone is 2. The normalized spacial score (nSPS) is 17.2. The summed E-state index contributed by atoms with van der Waals surface area (Å²) in [6.45, 7) is -0.583. The number of ether oxygens (including phenoxy) is 3. The molecule has 0 aromatic heterocycles. The predicted molar refractivity (Wildman–Crippen MR) is 270 cm³/mol. The second-order valence-electron chi connectivity index (χ2n) is 15.7. The number of thiocarbonyl (C=S) groups is 2. The molecule has 8 rings (SSSR count). The number of likely N-dealkylation sites (N-methyl/N-ethyl adjacent to an activating group) is 1. The number of rotatable bonds is 13. The third-order valence-corrected chi connectivity index (χ3v) is 12.0. The van der Waals surface area contributed by atoms with Crippen LogP contribution in [-0.2, 0) is 41.9 Å². The van der Waals surface area contributed by atoms with Crippen molar-refractivity contribution in [3.05, 3.63) is 172 Å². The molecule has 5 aromatic carbocycles. The summed E-state index contributed by atoms with van der Waals surface area (Å²) in [5.74, 6) is -4.28. The number of hydrogen-bond donors (Lipinski definition) is 3. The number of phenols is 1. The number of urea groups is 1. The Morgan fingerprint density at radius 1 is 0.634 bits per heavy atom. The van der Waals surface area contributed by atoms with E-state index in [0.29, 0.717) is 28.1 Å². The van der Waals surface area contributed by atoms with E-state index in [-0.39, 0.29) is 62.1 Å². The van der Waals surface area contributed by atoms with Gasteiger partial charge in [0, 0.05) is 12.6 Å². The molecule has 0 saturated carbocycles. The number of anilines is 2. The smallest absolute Gasteiger partial charge is 0.336 e. The van der Waals surface area contributed by atoms with Gasteiger partial charge in [-0.15, -0.1) is 0 Å². The minimum Gasteiger partial charge on any atom is -0.504 e. The van der Waals surface area contributed by atoms with Crippen molar-refractivity contribution >= 4 is 106 Å². The van der Waals surface area contributed by atoms with Crippen molar-refractivity contribution in [1.82, 2.24) is 20.4 Å². The minimum absolute atomic E-state index is 0.0289. The Bertz CT molecular complexity index is 3200. The van der Waals surface area contributed by atoms with Crippen LogP contribution < -0.4 is 34.6 Å². The molecule has 0 spiro atoms. The van der Waals surface area contributed by atoms with Crippen LogP contribution in [0.3, 0.4) is 0 Å².